The number of hydrogen-bond donors (Lipinski definition) is 0. The van der Waals surface area contributed by atoms with Gasteiger partial charge in [-0.1, -0.05) is 0 Å². The van der Waals surface area contributed by atoms with Crippen LogP contribution in [0.5, 0.6) is 0 Å². The molecule has 2 aliphatic carbocycles. The third-order valence-electron chi connectivity index (χ3n) is 6.36. The number of carbonyl (C=O) groups excluding carboxylic acids is 3. The molecule has 3 heterocycles. The highest BCUT2D eigenvalue weighted by Gasteiger charge is 2.73. The van der Waals surface area contributed by atoms with Crippen LogP contribution in [-0.2, 0) is 19.1 Å². The Kier molecular flexibility index (Phi) is 2.56. The third kappa shape index (κ3) is 1.56. The van der Waals surface area contributed by atoms with E-state index in [2.05, 4.69) is 0 Å². The first-order chi connectivity index (χ1) is 10.7. The van der Waals surface area contributed by atoms with E-state index in [1.54, 1.807) is 4.90 Å². The van der Waals surface area contributed by atoms with Gasteiger partial charge in [-0.25, -0.2) is 0 Å². The minimum absolute atomic E-state index is 0.0553. The van der Waals surface area contributed by atoms with Crippen LogP contribution in [0.2, 0.25) is 0 Å². The first-order valence-electron chi connectivity index (χ1n) is 8.45. The molecule has 0 radical (unpaired) electrons. The summed E-state index contributed by atoms with van der Waals surface area (Å²) in [4.78, 5) is 40.7. The molecular formula is C16H20N2O4. The zero-order chi connectivity index (χ0) is 15.0. The Morgan fingerprint density at radius 3 is 2.18 bits per heavy atom. The van der Waals surface area contributed by atoms with Crippen LogP contribution in [0.25, 0.3) is 0 Å². The van der Waals surface area contributed by atoms with E-state index in [4.69, 9.17) is 4.74 Å². The van der Waals surface area contributed by atoms with E-state index < -0.39 is 0 Å². The molecule has 118 valence electrons. The Labute approximate surface area is 128 Å². The summed E-state index contributed by atoms with van der Waals surface area (Å²) < 4.78 is 5.59. The zero-order valence-corrected chi connectivity index (χ0v) is 12.4. The highest BCUT2D eigenvalue weighted by molar-refractivity contribution is 6.08. The van der Waals surface area contributed by atoms with E-state index in [0.717, 1.165) is 38.8 Å². The number of imide groups is 1. The van der Waals surface area contributed by atoms with Crippen LogP contribution in [0.1, 0.15) is 25.7 Å². The number of amides is 3. The maximum absolute atomic E-state index is 12.6. The van der Waals surface area contributed by atoms with Crippen molar-refractivity contribution in [3.63, 3.8) is 0 Å². The molecule has 0 aromatic rings. The summed E-state index contributed by atoms with van der Waals surface area (Å²) in [6.45, 7) is 1.45. The molecule has 3 amide bonds. The number of hydrogen-bond acceptors (Lipinski definition) is 4. The maximum atomic E-state index is 12.6. The number of rotatable bonds is 2. The normalized spacial score (nSPS) is 45.3. The van der Waals surface area contributed by atoms with Crippen LogP contribution in [-0.4, -0.2) is 59.4 Å². The van der Waals surface area contributed by atoms with Crippen LogP contribution in [0.15, 0.2) is 0 Å². The van der Waals surface area contributed by atoms with Gasteiger partial charge in [-0.05, 0) is 25.7 Å². The van der Waals surface area contributed by atoms with E-state index in [1.165, 1.54) is 4.90 Å². The van der Waals surface area contributed by atoms with Crippen LogP contribution in [0.3, 0.4) is 0 Å². The highest BCUT2D eigenvalue weighted by atomic mass is 16.6. The van der Waals surface area contributed by atoms with Crippen molar-refractivity contribution in [2.24, 2.45) is 23.7 Å². The van der Waals surface area contributed by atoms with Gasteiger partial charge in [0.15, 0.2) is 0 Å². The topological polar surface area (TPSA) is 70.2 Å². The predicted molar refractivity (Wildman–Crippen MR) is 74.4 cm³/mol. The van der Waals surface area contributed by atoms with Crippen molar-refractivity contribution in [3.8, 4) is 0 Å². The van der Waals surface area contributed by atoms with Crippen molar-refractivity contribution in [3.05, 3.63) is 0 Å². The molecule has 0 N–H and O–H groups in total. The zero-order valence-electron chi connectivity index (χ0n) is 12.4. The largest absolute Gasteiger partial charge is 0.369 e. The van der Waals surface area contributed by atoms with E-state index >= 15 is 0 Å². The van der Waals surface area contributed by atoms with Crippen molar-refractivity contribution in [2.75, 3.05) is 19.6 Å². The van der Waals surface area contributed by atoms with Gasteiger partial charge in [-0.2, -0.15) is 0 Å². The summed E-state index contributed by atoms with van der Waals surface area (Å²) in [7, 11) is 0. The Morgan fingerprint density at radius 1 is 1.00 bits per heavy atom. The molecule has 2 saturated carbocycles. The minimum Gasteiger partial charge on any atom is -0.369 e. The summed E-state index contributed by atoms with van der Waals surface area (Å²) >= 11 is 0. The average Bonchev–Trinajstić information content (AvgIpc) is 3.08. The smallest absolute Gasteiger partial charge is 0.242 e. The quantitative estimate of drug-likeness (QED) is 0.532. The standard InChI is InChI=1S/C16H20N2O4/c19-10(17-4-2-1-3-5-17)7-18-15(20)11-8-6-9(12(11)16(18)21)14-13(8)22-14/h8-9,11-14H,1-7H2. The van der Waals surface area contributed by atoms with E-state index in [-0.39, 0.29) is 60.1 Å². The first-order valence-corrected chi connectivity index (χ1v) is 8.45. The second-order valence-corrected chi connectivity index (χ2v) is 7.38. The van der Waals surface area contributed by atoms with Gasteiger partial charge < -0.3 is 9.64 Å². The molecule has 22 heavy (non-hydrogen) atoms. The molecule has 6 unspecified atom stereocenters. The molecule has 0 aromatic carbocycles. The monoisotopic (exact) mass is 304 g/mol. The fraction of sp³-hybridized carbons (Fsp3) is 0.812. The summed E-state index contributed by atoms with van der Waals surface area (Å²) in [5.74, 6) is -0.317. The van der Waals surface area contributed by atoms with Crippen LogP contribution in [0, 0.1) is 23.7 Å². The lowest BCUT2D eigenvalue weighted by atomic mass is 9.81. The molecule has 3 aliphatic heterocycles. The molecule has 3 saturated heterocycles. The van der Waals surface area contributed by atoms with Gasteiger partial charge in [0.1, 0.15) is 6.54 Å². The number of nitrogens with zero attached hydrogens (tertiary/aromatic N) is 2. The van der Waals surface area contributed by atoms with E-state index in [0.29, 0.717) is 0 Å². The van der Waals surface area contributed by atoms with Gasteiger partial charge in [-0.15, -0.1) is 0 Å². The molecule has 2 bridgehead atoms. The van der Waals surface area contributed by atoms with Gasteiger partial charge >= 0.3 is 0 Å². The second kappa shape index (κ2) is 4.31. The molecule has 0 spiro atoms. The lowest BCUT2D eigenvalue weighted by Gasteiger charge is -2.28. The number of piperidine rings is 1. The van der Waals surface area contributed by atoms with Crippen molar-refractivity contribution in [1.29, 1.82) is 0 Å². The summed E-state index contributed by atoms with van der Waals surface area (Å²) in [5.41, 5.74) is 0. The Morgan fingerprint density at radius 2 is 1.59 bits per heavy atom. The van der Waals surface area contributed by atoms with E-state index in [9.17, 15) is 14.4 Å². The fourth-order valence-electron chi connectivity index (χ4n) is 5.32. The van der Waals surface area contributed by atoms with Gasteiger partial charge in [0.25, 0.3) is 0 Å². The Hall–Kier alpha value is -1.43. The lowest BCUT2D eigenvalue weighted by molar-refractivity contribution is -0.147. The molecule has 6 atom stereocenters. The van der Waals surface area contributed by atoms with Gasteiger partial charge in [0.2, 0.25) is 17.7 Å². The fourth-order valence-corrected chi connectivity index (χ4v) is 5.32. The number of likely N-dealkylation sites (tertiary alicyclic amines) is 2. The first kappa shape index (κ1) is 13.0. The van der Waals surface area contributed by atoms with Gasteiger partial charge in [0.05, 0.1) is 24.0 Å². The Balaban J connectivity index is 1.33. The van der Waals surface area contributed by atoms with E-state index in [1.807, 2.05) is 0 Å². The number of epoxide rings is 1. The molecule has 6 nitrogen and oxygen atoms in total. The van der Waals surface area contributed by atoms with Crippen molar-refractivity contribution < 1.29 is 19.1 Å². The highest BCUT2D eigenvalue weighted by Crippen LogP contribution is 2.63. The molecule has 0 aromatic heterocycles. The molecule has 5 aliphatic rings. The van der Waals surface area contributed by atoms with Crippen molar-refractivity contribution in [1.82, 2.24) is 9.80 Å². The number of carbonyl (C=O) groups is 3. The van der Waals surface area contributed by atoms with Crippen LogP contribution in [0.4, 0.5) is 0 Å². The minimum atomic E-state index is -0.213. The van der Waals surface area contributed by atoms with Crippen molar-refractivity contribution in [2.45, 2.75) is 37.9 Å². The maximum Gasteiger partial charge on any atom is 0.242 e. The van der Waals surface area contributed by atoms with Crippen LogP contribution < -0.4 is 0 Å². The summed E-state index contributed by atoms with van der Waals surface area (Å²) in [6, 6.07) is 0. The lowest BCUT2D eigenvalue weighted by Crippen LogP contribution is -2.45. The van der Waals surface area contributed by atoms with Crippen LogP contribution >= 0.6 is 0 Å². The van der Waals surface area contributed by atoms with Crippen molar-refractivity contribution >= 4 is 17.7 Å². The summed E-state index contributed by atoms with van der Waals surface area (Å²) in [5, 5.41) is 0. The van der Waals surface area contributed by atoms with Gasteiger partial charge in [-0.3, -0.25) is 19.3 Å². The van der Waals surface area contributed by atoms with Gasteiger partial charge in [0, 0.05) is 24.9 Å². The predicted octanol–water partition coefficient (Wildman–Crippen LogP) is 0.0172. The summed E-state index contributed by atoms with van der Waals surface area (Å²) in [6.07, 6.45) is 4.56. The third-order valence-corrected chi connectivity index (χ3v) is 6.36. The Bertz CT molecular complexity index is 538. The molecule has 5 fully saturated rings. The SMILES string of the molecule is O=C(CN1C(=O)C2C3CC(C4OC34)C2C1=O)N1CCCCC1. The molecule has 5 rings (SSSR count). The number of ether oxygens (including phenoxy) is 1. The molecule has 6 heteroatoms. The molecular weight excluding hydrogens is 284 g/mol. The second-order valence-electron chi connectivity index (χ2n) is 7.38. The number of fused-ring (bicyclic) bond motifs is 8. The average molecular weight is 304 g/mol.